The molecule has 0 aromatic heterocycles. The van der Waals surface area contributed by atoms with Crippen molar-refractivity contribution in [2.75, 3.05) is 0 Å². The number of carbonyl (C=O) groups is 6. The Kier molecular flexibility index (Phi) is 47.9. The molecule has 96 heavy (non-hydrogen) atoms. The van der Waals surface area contributed by atoms with Gasteiger partial charge in [0.15, 0.2) is 0 Å². The van der Waals surface area contributed by atoms with Crippen molar-refractivity contribution in [3.8, 4) is 0 Å². The first kappa shape index (κ1) is 104. The molecule has 576 valence electrons. The van der Waals surface area contributed by atoms with E-state index in [-0.39, 0.29) is 96.3 Å². The molecule has 0 fully saturated rings. The number of unbranched alkanes of at least 4 members (excludes halogenated alkanes) is 1. The molecule has 0 aromatic carbocycles. The van der Waals surface area contributed by atoms with Gasteiger partial charge in [-0.3, -0.25) is 28.8 Å². The Morgan fingerprint density at radius 2 is 0.573 bits per heavy atom. The first-order valence-electron chi connectivity index (χ1n) is 38.5. The monoisotopic (exact) mass is 1370 g/mol. The second-order valence-corrected chi connectivity index (χ2v) is 35.4. The van der Waals surface area contributed by atoms with Crippen LogP contribution >= 0.6 is 0 Å². The van der Waals surface area contributed by atoms with Crippen molar-refractivity contribution >= 4 is 35.8 Å². The minimum Gasteiger partial charge on any atom is -0.460 e. The van der Waals surface area contributed by atoms with Crippen molar-refractivity contribution in [1.29, 1.82) is 0 Å². The second-order valence-electron chi connectivity index (χ2n) is 35.4. The SMILES string of the molecule is CCC(C)(C)C(=O)OC(C)(C)C.CCC(C)(C)C(=O)OC(CC)(C(C)C)C(C)(C)C.CCC(C)(C)OC(=O)C(C)(C)CC.CCC(C)C(CC)(OC(=O)C(C)(C)CC)C(C)C.CCCC(CC)(OC(=O)C(C)(C)CC)C(C)C.CCCCC(CC)(OC(=O)C(C)(C)CC)C(C)C. The summed E-state index contributed by atoms with van der Waals surface area (Å²) in [6.45, 7) is 87.8. The van der Waals surface area contributed by atoms with E-state index in [0.29, 0.717) is 29.6 Å². The van der Waals surface area contributed by atoms with Gasteiger partial charge in [-0.15, -0.1) is 0 Å². The maximum absolute atomic E-state index is 12.4. The summed E-state index contributed by atoms with van der Waals surface area (Å²) in [5, 5.41) is 0. The molecule has 0 heterocycles. The Morgan fingerprint density at radius 3 is 0.781 bits per heavy atom. The van der Waals surface area contributed by atoms with Crippen LogP contribution in [-0.2, 0) is 57.2 Å². The van der Waals surface area contributed by atoms with E-state index >= 15 is 0 Å². The van der Waals surface area contributed by atoms with E-state index in [1.165, 1.54) is 0 Å². The smallest absolute Gasteiger partial charge is 0.312 e. The van der Waals surface area contributed by atoms with E-state index < -0.39 is 11.0 Å². The lowest BCUT2D eigenvalue weighted by molar-refractivity contribution is -0.194. The van der Waals surface area contributed by atoms with Gasteiger partial charge < -0.3 is 28.4 Å². The molecular formula is C84H168O12. The summed E-state index contributed by atoms with van der Waals surface area (Å²) in [6, 6.07) is 0. The van der Waals surface area contributed by atoms with E-state index in [1.54, 1.807) is 0 Å². The fourth-order valence-corrected chi connectivity index (χ4v) is 10.2. The largest absolute Gasteiger partial charge is 0.460 e. The summed E-state index contributed by atoms with van der Waals surface area (Å²) in [5.74, 6) is 1.33. The van der Waals surface area contributed by atoms with Crippen LogP contribution in [0.5, 0.6) is 0 Å². The van der Waals surface area contributed by atoms with Crippen LogP contribution in [0.3, 0.4) is 0 Å². The van der Waals surface area contributed by atoms with E-state index in [1.807, 2.05) is 166 Å². The van der Waals surface area contributed by atoms with Gasteiger partial charge in [-0.05, 0) is 244 Å². The molecule has 0 saturated carbocycles. The number of hydrogen-bond donors (Lipinski definition) is 0. The molecule has 5 atom stereocenters. The molecule has 0 aromatic rings. The summed E-state index contributed by atoms with van der Waals surface area (Å²) in [4.78, 5) is 72.5. The molecule has 12 nitrogen and oxygen atoms in total. The summed E-state index contributed by atoms with van der Waals surface area (Å²) in [5.41, 5.74) is -4.28. The van der Waals surface area contributed by atoms with Crippen molar-refractivity contribution in [3.63, 3.8) is 0 Å². The number of carbonyl (C=O) groups excluding carboxylic acids is 6. The number of esters is 6. The summed E-state index contributed by atoms with van der Waals surface area (Å²) < 4.78 is 34.6. The molecular weight excluding hydrogens is 1200 g/mol. The van der Waals surface area contributed by atoms with E-state index in [4.69, 9.17) is 28.4 Å². The minimum atomic E-state index is -0.402. The Morgan fingerprint density at radius 1 is 0.281 bits per heavy atom. The average Bonchev–Trinajstić information content (AvgIpc) is 0.829. The molecule has 0 radical (unpaired) electrons. The predicted octanol–water partition coefficient (Wildman–Crippen LogP) is 25.1. The topological polar surface area (TPSA) is 158 Å². The maximum atomic E-state index is 12.4. The normalized spacial score (nSPS) is 15.4. The van der Waals surface area contributed by atoms with Crippen LogP contribution in [0.15, 0.2) is 0 Å². The Balaban J connectivity index is -0.000000255. The second kappa shape index (κ2) is 44.3. The van der Waals surface area contributed by atoms with Crippen molar-refractivity contribution < 1.29 is 57.2 Å². The summed E-state index contributed by atoms with van der Waals surface area (Å²) in [6.07, 6.45) is 15.5. The van der Waals surface area contributed by atoms with Crippen LogP contribution in [0, 0.1) is 67.5 Å². The van der Waals surface area contributed by atoms with E-state index in [0.717, 1.165) is 109 Å². The van der Waals surface area contributed by atoms with Crippen molar-refractivity contribution in [1.82, 2.24) is 0 Å². The standard InChI is InChI=1S/3C16H32O2.C15H30O2.C11H22O2.C10H20O2/c1-10-15(8,9)13(17)18-16(11-2,12(3)4)14(5,6)7;1-9-13(6)16(11-3,12(4)5)18-14(17)15(7,8)10-2;1-8-11-12-16(10-3,13(4)5)18-14(17)15(6,7)9-2;1-8-11-15(10-3,12(4)5)17-13(16)14(6,7)9-2;1-7-10(3,4)9(12)13-11(5,6)8-2;1-7-10(5,6)8(11)12-9(2,3)4/h12H,10-11H2,1-9H3;12-13H,9-11H2,1-8H3;13H,8-12H2,1-7H3;12H,8-11H2,1-7H3;7-8H2,1-6H3;7H2,1-6H3. The van der Waals surface area contributed by atoms with Gasteiger partial charge in [0.25, 0.3) is 0 Å². The zero-order chi connectivity index (χ0) is 78.1. The van der Waals surface area contributed by atoms with Gasteiger partial charge in [-0.25, -0.2) is 0 Å². The fourth-order valence-electron chi connectivity index (χ4n) is 10.2. The molecule has 0 saturated heterocycles. The average molecular weight is 1370 g/mol. The third kappa shape index (κ3) is 34.5. The van der Waals surface area contributed by atoms with Gasteiger partial charge in [0, 0.05) is 5.41 Å². The highest BCUT2D eigenvalue weighted by Crippen LogP contribution is 2.45. The fraction of sp³-hybridized carbons (Fsp3) is 0.929. The zero-order valence-electron chi connectivity index (χ0n) is 72.3. The molecule has 0 N–H and O–H groups in total. The zero-order valence-corrected chi connectivity index (χ0v) is 72.3. The number of ether oxygens (including phenoxy) is 6. The van der Waals surface area contributed by atoms with Gasteiger partial charge in [-0.2, -0.15) is 0 Å². The molecule has 0 bridgehead atoms. The maximum Gasteiger partial charge on any atom is 0.312 e. The molecule has 5 unspecified atom stereocenters. The molecule has 0 aliphatic rings. The third-order valence-electron chi connectivity index (χ3n) is 22.0. The van der Waals surface area contributed by atoms with Gasteiger partial charge in [0.05, 0.1) is 32.5 Å². The Bertz CT molecular complexity index is 2180. The van der Waals surface area contributed by atoms with Gasteiger partial charge in [0.2, 0.25) is 0 Å². The van der Waals surface area contributed by atoms with Crippen LogP contribution in [0.4, 0.5) is 0 Å². The van der Waals surface area contributed by atoms with Crippen molar-refractivity contribution in [3.05, 3.63) is 0 Å². The highest BCUT2D eigenvalue weighted by molar-refractivity contribution is 5.78. The Labute approximate surface area is 598 Å². The van der Waals surface area contributed by atoms with Crippen LogP contribution in [0.2, 0.25) is 0 Å². The van der Waals surface area contributed by atoms with Crippen molar-refractivity contribution in [2.45, 2.75) is 440 Å². The number of hydrogen-bond acceptors (Lipinski definition) is 12. The van der Waals surface area contributed by atoms with Gasteiger partial charge in [0.1, 0.15) is 33.6 Å². The highest BCUT2D eigenvalue weighted by Gasteiger charge is 2.49. The Hall–Kier alpha value is -3.18. The molecule has 0 rings (SSSR count). The first-order valence-corrected chi connectivity index (χ1v) is 38.5. The van der Waals surface area contributed by atoms with E-state index in [9.17, 15) is 28.8 Å². The lowest BCUT2D eigenvalue weighted by atomic mass is 9.68. The lowest BCUT2D eigenvalue weighted by Crippen LogP contribution is -2.52. The minimum absolute atomic E-state index is 0.0448. The van der Waals surface area contributed by atoms with Crippen LogP contribution in [0.1, 0.15) is 407 Å². The molecule has 12 heteroatoms. The molecule has 0 spiro atoms. The first-order chi connectivity index (χ1) is 43.1. The van der Waals surface area contributed by atoms with Gasteiger partial charge >= 0.3 is 35.8 Å². The van der Waals surface area contributed by atoms with E-state index in [2.05, 4.69) is 132 Å². The quantitative estimate of drug-likeness (QED) is 0.0453. The van der Waals surface area contributed by atoms with Crippen LogP contribution < -0.4 is 0 Å². The third-order valence-corrected chi connectivity index (χ3v) is 22.0. The number of rotatable bonds is 33. The summed E-state index contributed by atoms with van der Waals surface area (Å²) >= 11 is 0. The molecule has 0 aliphatic carbocycles. The lowest BCUT2D eigenvalue weighted by Gasteiger charge is -2.48. The van der Waals surface area contributed by atoms with Crippen molar-refractivity contribution in [2.24, 2.45) is 67.5 Å². The predicted molar refractivity (Wildman–Crippen MR) is 410 cm³/mol. The van der Waals surface area contributed by atoms with Crippen LogP contribution in [-0.4, -0.2) is 69.4 Å². The molecule has 0 amide bonds. The van der Waals surface area contributed by atoms with Gasteiger partial charge in [-0.1, -0.05) is 193 Å². The molecule has 0 aliphatic heterocycles. The highest BCUT2D eigenvalue weighted by atomic mass is 16.6. The summed E-state index contributed by atoms with van der Waals surface area (Å²) in [7, 11) is 0. The van der Waals surface area contributed by atoms with Crippen LogP contribution in [0.25, 0.3) is 0 Å².